The zero-order chi connectivity index (χ0) is 18.1. The summed E-state index contributed by atoms with van der Waals surface area (Å²) in [5, 5.41) is 0. The quantitative estimate of drug-likeness (QED) is 0.226. The van der Waals surface area contributed by atoms with Crippen molar-refractivity contribution in [1.82, 2.24) is 0 Å². The molecule has 0 aliphatic rings. The minimum Gasteiger partial charge on any atom is -0.557 e. The number of carbonyl (C=O) groups is 2. The third-order valence-electron chi connectivity index (χ3n) is 3.46. The molecule has 0 spiro atoms. The predicted octanol–water partition coefficient (Wildman–Crippen LogP) is 6.36. The van der Waals surface area contributed by atoms with Gasteiger partial charge in [0, 0.05) is 251 Å². The molecule has 0 N–H and O–H groups in total. The topological polar surface area (TPSA) is 43.4 Å². The van der Waals surface area contributed by atoms with Gasteiger partial charge in [0.2, 0.25) is 0 Å². The van der Waals surface area contributed by atoms with E-state index in [1.165, 1.54) is 7.11 Å². The van der Waals surface area contributed by atoms with Gasteiger partial charge < -0.3 is 34.4 Å². The molecule has 7 radical (unpaired) electrons. The van der Waals surface area contributed by atoms with Crippen LogP contribution in [0.3, 0.4) is 0 Å². The molecule has 0 saturated heterocycles. The molecule has 3 rings (SSSR count). The number of carbonyl (C=O) groups excluding carboxylic acids is 2. The summed E-state index contributed by atoms with van der Waals surface area (Å²) in [5.74, 6) is -0.161. The molecule has 0 saturated carbocycles. The Kier molecular flexibility index (Phi) is 79.1. The van der Waals surface area contributed by atoms with E-state index in [2.05, 4.69) is 11.8 Å². The van der Waals surface area contributed by atoms with Crippen LogP contribution in [0.1, 0.15) is 31.8 Å². The first-order valence-corrected chi connectivity index (χ1v) is 7.75. The standard InChI is InChI=1S/C20H14O2.C2H5O.4CH3.7Y/c21-19(15-8-3-1-4-9-15)17-12-7-13-18(14-17)20(22)16-10-5-2-6-11-16;1-3-2;;;;;;;;;;;/h1-14H;1H2,2H3;4*1H3;;;;;;;/q;5*-1;;;;;;;. The van der Waals surface area contributed by atoms with E-state index in [9.17, 15) is 9.59 Å². The smallest absolute Gasteiger partial charge is 0.193 e. The Hall–Kier alpha value is 4.69. The fraction of sp³-hybridized carbons (Fsp3) is 0.0385. The minimum atomic E-state index is -0.0803. The van der Waals surface area contributed by atoms with Crippen molar-refractivity contribution in [3.63, 3.8) is 0 Å². The molecule has 0 aliphatic carbocycles. The van der Waals surface area contributed by atoms with Crippen LogP contribution in [0.4, 0.5) is 0 Å². The summed E-state index contributed by atoms with van der Waals surface area (Å²) in [4.78, 5) is 24.9. The molecule has 0 atom stereocenters. The Labute approximate surface area is 397 Å². The number of ketones is 2. The van der Waals surface area contributed by atoms with Gasteiger partial charge in [-0.05, 0) is 13.2 Å². The molecule has 3 aromatic rings. The number of methoxy groups -OCH3 is 1. The summed E-state index contributed by atoms with van der Waals surface area (Å²) in [6.07, 6.45) is 0. The first-order chi connectivity index (χ1) is 12.2. The summed E-state index contributed by atoms with van der Waals surface area (Å²) >= 11 is 0. The van der Waals surface area contributed by atoms with Crippen molar-refractivity contribution in [3.05, 3.63) is 144 Å². The maximum Gasteiger partial charge on any atom is 0.193 e. The molecule has 0 unspecified atom stereocenters. The zero-order valence-corrected chi connectivity index (χ0v) is 41.9. The Morgan fingerprint density at radius 3 is 0.972 bits per heavy atom. The summed E-state index contributed by atoms with van der Waals surface area (Å²) in [5.41, 5.74) is 2.28. The van der Waals surface area contributed by atoms with Crippen molar-refractivity contribution < 1.29 is 243 Å². The largest absolute Gasteiger partial charge is 0.557 e. The summed E-state index contributed by atoms with van der Waals surface area (Å²) in [6.45, 7) is 0. The molecular formula is C26H31O3Y7-5. The van der Waals surface area contributed by atoms with Gasteiger partial charge in [0.25, 0.3) is 0 Å². The second kappa shape index (κ2) is 41.8. The van der Waals surface area contributed by atoms with Gasteiger partial charge in [-0.1, -0.05) is 78.9 Å². The van der Waals surface area contributed by atoms with Gasteiger partial charge in [0.05, 0.1) is 0 Å². The Morgan fingerprint density at radius 2 is 0.722 bits per heavy atom. The normalized spacial score (nSPS) is 6.72. The second-order valence-corrected chi connectivity index (χ2v) is 5.26. The maximum atomic E-state index is 12.4. The molecule has 3 aromatic carbocycles. The Morgan fingerprint density at radius 1 is 0.500 bits per heavy atom. The van der Waals surface area contributed by atoms with Crippen molar-refractivity contribution in [3.8, 4) is 0 Å². The van der Waals surface area contributed by atoms with Crippen LogP contribution >= 0.6 is 0 Å². The number of benzene rings is 3. The first-order valence-electron chi connectivity index (χ1n) is 7.75. The fourth-order valence-corrected chi connectivity index (χ4v) is 2.31. The van der Waals surface area contributed by atoms with Crippen LogP contribution < -0.4 is 0 Å². The molecule has 179 valence electrons. The molecule has 0 amide bonds. The van der Waals surface area contributed by atoms with Crippen LogP contribution in [0.5, 0.6) is 0 Å². The zero-order valence-electron chi connectivity index (χ0n) is 22.1. The van der Waals surface area contributed by atoms with Gasteiger partial charge in [-0.25, -0.2) is 7.11 Å². The molecule has 36 heavy (non-hydrogen) atoms. The van der Waals surface area contributed by atoms with Crippen molar-refractivity contribution in [2.45, 2.75) is 0 Å². The molecule has 0 aliphatic heterocycles. The maximum absolute atomic E-state index is 12.4. The second-order valence-electron chi connectivity index (χ2n) is 5.26. The molecule has 3 nitrogen and oxygen atoms in total. The summed E-state index contributed by atoms with van der Waals surface area (Å²) in [7, 11) is 4.50. The van der Waals surface area contributed by atoms with Crippen LogP contribution in [0.2, 0.25) is 0 Å². The number of rotatable bonds is 4. The molecule has 0 bridgehead atoms. The van der Waals surface area contributed by atoms with E-state index in [-0.39, 0.29) is 270 Å². The SMILES string of the molecule is O=C(c1ccccc1)c1cccc(C(=O)c2ccccc2)c1.[CH2-]OC.[CH3-].[CH3-].[CH3-].[CH3-].[Y].[Y].[Y].[Y].[Y].[Y].[Y]. The van der Waals surface area contributed by atoms with Crippen LogP contribution in [-0.2, 0) is 234 Å². The van der Waals surface area contributed by atoms with E-state index in [0.717, 1.165) is 0 Å². The molecule has 10 heteroatoms. The van der Waals surface area contributed by atoms with Crippen LogP contribution in [0, 0.1) is 36.8 Å². The van der Waals surface area contributed by atoms with E-state index in [4.69, 9.17) is 0 Å². The molecular weight excluding hydrogens is 983 g/mol. The monoisotopic (exact) mass is 1010 g/mol. The fourth-order valence-electron chi connectivity index (χ4n) is 2.31. The van der Waals surface area contributed by atoms with Gasteiger partial charge in [-0.3, -0.25) is 9.59 Å². The van der Waals surface area contributed by atoms with E-state index < -0.39 is 0 Å². The summed E-state index contributed by atoms with van der Waals surface area (Å²) in [6, 6.07) is 25.0. The average Bonchev–Trinajstić information content (AvgIpc) is 2.69. The Balaban J connectivity index is -0.0000000577. The van der Waals surface area contributed by atoms with Gasteiger partial charge in [0.15, 0.2) is 11.6 Å². The van der Waals surface area contributed by atoms with E-state index in [0.29, 0.717) is 22.3 Å². The third kappa shape index (κ3) is 25.2. The minimum absolute atomic E-state index is 0. The van der Waals surface area contributed by atoms with E-state index in [1.807, 2.05) is 36.4 Å². The van der Waals surface area contributed by atoms with Crippen molar-refractivity contribution in [2.75, 3.05) is 7.11 Å². The van der Waals surface area contributed by atoms with E-state index >= 15 is 0 Å². The molecule has 0 aromatic heterocycles. The molecule has 0 heterocycles. The van der Waals surface area contributed by atoms with Crippen molar-refractivity contribution >= 4 is 11.6 Å². The summed E-state index contributed by atoms with van der Waals surface area (Å²) < 4.78 is 4.00. The predicted molar refractivity (Wildman–Crippen MR) is 124 cm³/mol. The molecule has 0 fully saturated rings. The van der Waals surface area contributed by atoms with Gasteiger partial charge in [-0.2, -0.15) is 0 Å². The van der Waals surface area contributed by atoms with Crippen molar-refractivity contribution in [1.29, 1.82) is 0 Å². The average molecular weight is 1010 g/mol. The van der Waals surface area contributed by atoms with Crippen LogP contribution in [0.15, 0.2) is 84.9 Å². The number of hydrogen-bond donors (Lipinski definition) is 0. The first kappa shape index (κ1) is 68.1. The number of hydrogen-bond acceptors (Lipinski definition) is 3. The van der Waals surface area contributed by atoms with Crippen LogP contribution in [0.25, 0.3) is 0 Å². The van der Waals surface area contributed by atoms with E-state index in [1.54, 1.807) is 48.5 Å². The third-order valence-corrected chi connectivity index (χ3v) is 3.46. The Bertz CT molecular complexity index is 784. The van der Waals surface area contributed by atoms with Crippen molar-refractivity contribution in [2.24, 2.45) is 0 Å². The van der Waals surface area contributed by atoms with Gasteiger partial charge >= 0.3 is 0 Å². The van der Waals surface area contributed by atoms with Gasteiger partial charge in [-0.15, -0.1) is 0 Å². The number of ether oxygens (including phenoxy) is 1. The van der Waals surface area contributed by atoms with Gasteiger partial charge in [0.1, 0.15) is 0 Å². The van der Waals surface area contributed by atoms with Crippen LogP contribution in [-0.4, -0.2) is 18.7 Å².